The number of aromatic nitrogens is 2. The number of carbonyl (C=O) groups excluding carboxylic acids is 1. The first-order valence-electron chi connectivity index (χ1n) is 7.34. The Morgan fingerprint density at radius 1 is 1.33 bits per heavy atom. The van der Waals surface area contributed by atoms with Gasteiger partial charge in [-0.25, -0.2) is 0 Å². The molecule has 0 bridgehead atoms. The average Bonchev–Trinajstić information content (AvgIpc) is 3.06. The van der Waals surface area contributed by atoms with Crippen molar-refractivity contribution in [2.24, 2.45) is 0 Å². The normalized spacial score (nSPS) is 16.0. The van der Waals surface area contributed by atoms with Crippen LogP contribution in [-0.4, -0.2) is 47.4 Å². The number of fused-ring (bicyclic) bond motifs is 1. The highest BCUT2D eigenvalue weighted by atomic mass is 32.2. The van der Waals surface area contributed by atoms with Crippen LogP contribution in [0.2, 0.25) is 0 Å². The number of carbonyl (C=O) groups is 1. The fourth-order valence-corrected chi connectivity index (χ4v) is 3.02. The van der Waals surface area contributed by atoms with Gasteiger partial charge in [-0.2, -0.15) is 11.8 Å². The summed E-state index contributed by atoms with van der Waals surface area (Å²) in [5, 5.41) is 11.0. The topological polar surface area (TPSA) is 86.5 Å². The van der Waals surface area contributed by atoms with Crippen molar-refractivity contribution < 1.29 is 18.7 Å². The SMILES string of the molecule is CSCc1nnc(SCC(=O)NCC2COc3ccccc3O2)o1. The summed E-state index contributed by atoms with van der Waals surface area (Å²) >= 11 is 2.82. The van der Waals surface area contributed by atoms with E-state index in [1.165, 1.54) is 11.8 Å². The minimum Gasteiger partial charge on any atom is -0.486 e. The summed E-state index contributed by atoms with van der Waals surface area (Å²) in [6.07, 6.45) is 1.75. The maximum absolute atomic E-state index is 11.9. The van der Waals surface area contributed by atoms with Gasteiger partial charge in [0.25, 0.3) is 5.22 Å². The summed E-state index contributed by atoms with van der Waals surface area (Å²) in [7, 11) is 0. The van der Waals surface area contributed by atoms with E-state index in [9.17, 15) is 4.79 Å². The number of para-hydroxylation sites is 2. The molecule has 128 valence electrons. The van der Waals surface area contributed by atoms with Crippen LogP contribution in [0.3, 0.4) is 0 Å². The molecule has 1 atom stereocenters. The van der Waals surface area contributed by atoms with Gasteiger partial charge in [-0.15, -0.1) is 10.2 Å². The van der Waals surface area contributed by atoms with Crippen LogP contribution in [-0.2, 0) is 10.5 Å². The Bertz CT molecular complexity index is 695. The van der Waals surface area contributed by atoms with Gasteiger partial charge in [-0.1, -0.05) is 23.9 Å². The van der Waals surface area contributed by atoms with Crippen molar-refractivity contribution in [2.75, 3.05) is 25.2 Å². The number of rotatable bonds is 7. The van der Waals surface area contributed by atoms with Crippen molar-refractivity contribution >= 4 is 29.4 Å². The highest BCUT2D eigenvalue weighted by molar-refractivity contribution is 7.99. The maximum atomic E-state index is 11.9. The average molecular weight is 367 g/mol. The molecular formula is C15H17N3O4S2. The van der Waals surface area contributed by atoms with E-state index < -0.39 is 0 Å². The Labute approximate surface area is 147 Å². The van der Waals surface area contributed by atoms with Crippen molar-refractivity contribution in [1.82, 2.24) is 15.5 Å². The largest absolute Gasteiger partial charge is 0.486 e. The summed E-state index contributed by atoms with van der Waals surface area (Å²) in [5.74, 6) is 2.76. The zero-order chi connectivity index (χ0) is 16.8. The molecule has 1 N–H and O–H groups in total. The number of hydrogen-bond donors (Lipinski definition) is 1. The Balaban J connectivity index is 1.40. The van der Waals surface area contributed by atoms with Gasteiger partial charge >= 0.3 is 0 Å². The fraction of sp³-hybridized carbons (Fsp3) is 0.400. The Morgan fingerprint density at radius 3 is 3.00 bits per heavy atom. The summed E-state index contributed by atoms with van der Waals surface area (Å²) in [5.41, 5.74) is 0. The lowest BCUT2D eigenvalue weighted by molar-refractivity contribution is -0.119. The van der Waals surface area contributed by atoms with E-state index in [-0.39, 0.29) is 17.8 Å². The molecule has 0 saturated carbocycles. The fourth-order valence-electron chi connectivity index (χ4n) is 2.05. The summed E-state index contributed by atoms with van der Waals surface area (Å²) < 4.78 is 16.8. The zero-order valence-electron chi connectivity index (χ0n) is 13.1. The van der Waals surface area contributed by atoms with Crippen molar-refractivity contribution in [3.05, 3.63) is 30.2 Å². The van der Waals surface area contributed by atoms with Crippen LogP contribution in [0, 0.1) is 0 Å². The van der Waals surface area contributed by atoms with Gasteiger partial charge < -0.3 is 19.2 Å². The predicted molar refractivity (Wildman–Crippen MR) is 91.6 cm³/mol. The molecule has 2 aromatic rings. The van der Waals surface area contributed by atoms with Gasteiger partial charge in [0, 0.05) is 0 Å². The number of amides is 1. The van der Waals surface area contributed by atoms with Crippen LogP contribution < -0.4 is 14.8 Å². The number of hydrogen-bond acceptors (Lipinski definition) is 8. The number of ether oxygens (including phenoxy) is 2. The lowest BCUT2D eigenvalue weighted by Crippen LogP contribution is -2.41. The molecule has 24 heavy (non-hydrogen) atoms. The third-order valence-electron chi connectivity index (χ3n) is 3.14. The molecule has 0 spiro atoms. The van der Waals surface area contributed by atoms with E-state index in [2.05, 4.69) is 15.5 Å². The third kappa shape index (κ3) is 4.57. The molecule has 1 amide bonds. The highest BCUT2D eigenvalue weighted by Gasteiger charge is 2.21. The first kappa shape index (κ1) is 17.0. The second-order valence-corrected chi connectivity index (χ2v) is 6.78. The van der Waals surface area contributed by atoms with Crippen LogP contribution in [0.1, 0.15) is 5.89 Å². The molecule has 1 unspecified atom stereocenters. The number of benzene rings is 1. The molecule has 0 saturated heterocycles. The molecule has 0 radical (unpaired) electrons. The van der Waals surface area contributed by atoms with Crippen molar-refractivity contribution in [3.8, 4) is 11.5 Å². The standard InChI is InChI=1S/C15H17N3O4S2/c1-23-9-14-17-18-15(22-14)24-8-13(19)16-6-10-7-20-11-4-2-3-5-12(11)21-10/h2-5,10H,6-9H2,1H3,(H,16,19). The van der Waals surface area contributed by atoms with E-state index in [0.717, 1.165) is 5.75 Å². The lowest BCUT2D eigenvalue weighted by Gasteiger charge is -2.26. The van der Waals surface area contributed by atoms with E-state index in [4.69, 9.17) is 13.9 Å². The van der Waals surface area contributed by atoms with Crippen molar-refractivity contribution in [3.63, 3.8) is 0 Å². The molecule has 0 fully saturated rings. The van der Waals surface area contributed by atoms with Crippen LogP contribution >= 0.6 is 23.5 Å². The second kappa shape index (κ2) is 8.29. The first-order valence-corrected chi connectivity index (χ1v) is 9.72. The zero-order valence-corrected chi connectivity index (χ0v) is 14.7. The van der Waals surface area contributed by atoms with Gasteiger partial charge in [-0.05, 0) is 18.4 Å². The monoisotopic (exact) mass is 367 g/mol. The van der Waals surface area contributed by atoms with E-state index in [1.807, 2.05) is 30.5 Å². The van der Waals surface area contributed by atoms with Crippen LogP contribution in [0.25, 0.3) is 0 Å². The Hall–Kier alpha value is -1.87. The minimum absolute atomic E-state index is 0.118. The molecular weight excluding hydrogens is 350 g/mol. The quantitative estimate of drug-likeness (QED) is 0.744. The maximum Gasteiger partial charge on any atom is 0.277 e. The van der Waals surface area contributed by atoms with Gasteiger partial charge in [0.15, 0.2) is 11.5 Å². The molecule has 1 aromatic carbocycles. The molecule has 1 aliphatic heterocycles. The van der Waals surface area contributed by atoms with Crippen LogP contribution in [0.15, 0.2) is 33.9 Å². The molecule has 7 nitrogen and oxygen atoms in total. The van der Waals surface area contributed by atoms with Gasteiger partial charge in [0.1, 0.15) is 12.7 Å². The second-order valence-electron chi connectivity index (χ2n) is 4.99. The van der Waals surface area contributed by atoms with Crippen LogP contribution in [0.5, 0.6) is 11.5 Å². The van der Waals surface area contributed by atoms with Crippen molar-refractivity contribution in [1.29, 1.82) is 0 Å². The Morgan fingerprint density at radius 2 is 2.17 bits per heavy atom. The number of nitrogens with zero attached hydrogens (tertiary/aromatic N) is 2. The molecule has 9 heteroatoms. The molecule has 1 aromatic heterocycles. The van der Waals surface area contributed by atoms with Crippen molar-refractivity contribution in [2.45, 2.75) is 17.1 Å². The first-order chi connectivity index (χ1) is 11.7. The molecule has 3 rings (SSSR count). The molecule has 0 aliphatic carbocycles. The highest BCUT2D eigenvalue weighted by Crippen LogP contribution is 2.30. The number of thioether (sulfide) groups is 2. The van der Waals surface area contributed by atoms with Gasteiger partial charge in [0.05, 0.1) is 18.1 Å². The summed E-state index contributed by atoms with van der Waals surface area (Å²) in [6.45, 7) is 0.793. The van der Waals surface area contributed by atoms with Gasteiger partial charge in [0.2, 0.25) is 11.8 Å². The smallest absolute Gasteiger partial charge is 0.277 e. The summed E-state index contributed by atoms with van der Waals surface area (Å²) in [4.78, 5) is 11.9. The van der Waals surface area contributed by atoms with E-state index in [1.54, 1.807) is 11.8 Å². The Kier molecular flexibility index (Phi) is 5.86. The molecule has 1 aliphatic rings. The third-order valence-corrected chi connectivity index (χ3v) is 4.49. The van der Waals surface area contributed by atoms with E-state index in [0.29, 0.717) is 35.8 Å². The lowest BCUT2D eigenvalue weighted by atomic mass is 10.2. The van der Waals surface area contributed by atoms with E-state index >= 15 is 0 Å². The number of nitrogens with one attached hydrogen (secondary N) is 1. The summed E-state index contributed by atoms with van der Waals surface area (Å²) in [6, 6.07) is 7.48. The molecule has 2 heterocycles. The van der Waals surface area contributed by atoms with Crippen LogP contribution in [0.4, 0.5) is 0 Å². The van der Waals surface area contributed by atoms with Gasteiger partial charge in [-0.3, -0.25) is 4.79 Å². The minimum atomic E-state index is -0.203. The predicted octanol–water partition coefficient (Wildman–Crippen LogP) is 1.98.